The zero-order valence-corrected chi connectivity index (χ0v) is 9.37. The van der Waals surface area contributed by atoms with Gasteiger partial charge in [-0.15, -0.1) is 0 Å². The molecule has 1 aromatic heterocycles. The van der Waals surface area contributed by atoms with Crippen molar-refractivity contribution in [3.8, 4) is 0 Å². The molecule has 90 valence electrons. The van der Waals surface area contributed by atoms with Gasteiger partial charge in [-0.3, -0.25) is 4.79 Å². The lowest BCUT2D eigenvalue weighted by Gasteiger charge is -2.21. The predicted molar refractivity (Wildman–Crippen MR) is 58.5 cm³/mol. The number of carboxylic acids is 1. The van der Waals surface area contributed by atoms with Crippen molar-refractivity contribution < 1.29 is 14.4 Å². The lowest BCUT2D eigenvalue weighted by atomic mass is 9.83. The van der Waals surface area contributed by atoms with E-state index in [1.54, 1.807) is 0 Å². The third-order valence-electron chi connectivity index (χ3n) is 3.47. The highest BCUT2D eigenvalue weighted by Gasteiger charge is 2.36. The highest BCUT2D eigenvalue weighted by molar-refractivity contribution is 5.71. The third-order valence-corrected chi connectivity index (χ3v) is 3.47. The van der Waals surface area contributed by atoms with Crippen LogP contribution < -0.4 is 0 Å². The van der Waals surface area contributed by atoms with Crippen molar-refractivity contribution in [3.05, 3.63) is 23.9 Å². The Morgan fingerprint density at radius 2 is 2.12 bits per heavy atom. The molecule has 2 aliphatic rings. The second kappa shape index (κ2) is 3.98. The lowest BCUT2D eigenvalue weighted by molar-refractivity contribution is -0.142. The van der Waals surface area contributed by atoms with Crippen molar-refractivity contribution in [2.75, 3.05) is 0 Å². The molecule has 0 amide bonds. The molecular formula is C12H14N2O3. The molecule has 0 radical (unpaired) electrons. The Morgan fingerprint density at radius 1 is 1.35 bits per heavy atom. The minimum Gasteiger partial charge on any atom is -0.481 e. The number of carboxylic acid groups (broad SMARTS) is 1. The van der Waals surface area contributed by atoms with Crippen LogP contribution >= 0.6 is 0 Å². The minimum atomic E-state index is -0.787. The van der Waals surface area contributed by atoms with Crippen molar-refractivity contribution in [2.24, 2.45) is 5.92 Å². The molecule has 0 bridgehead atoms. The minimum absolute atomic E-state index is 0.169. The van der Waals surface area contributed by atoms with Crippen LogP contribution in [0.1, 0.15) is 49.2 Å². The molecule has 0 aromatic carbocycles. The molecule has 1 fully saturated rings. The van der Waals surface area contributed by atoms with Crippen LogP contribution in [0.3, 0.4) is 0 Å². The first-order valence-corrected chi connectivity index (χ1v) is 5.97. The number of hydrogen-bond donors (Lipinski definition) is 1. The Bertz CT molecular complexity index is 462. The maximum atomic E-state index is 11.2. The quantitative estimate of drug-likeness (QED) is 0.810. The number of aromatic nitrogens is 2. The molecule has 1 aromatic rings. The summed E-state index contributed by atoms with van der Waals surface area (Å²) in [5.74, 6) is 0.285. The molecule has 3 rings (SSSR count). The molecule has 2 unspecified atom stereocenters. The summed E-state index contributed by atoms with van der Waals surface area (Å²) < 4.78 is 5.23. The SMILES string of the molecule is O=C(O)C1CC=CCC1c1nc(C2CC2)no1. The zero-order chi connectivity index (χ0) is 11.8. The Hall–Kier alpha value is -1.65. The molecule has 1 saturated carbocycles. The first-order valence-electron chi connectivity index (χ1n) is 5.97. The normalized spacial score (nSPS) is 28.2. The van der Waals surface area contributed by atoms with Gasteiger partial charge in [0.2, 0.25) is 5.89 Å². The van der Waals surface area contributed by atoms with E-state index in [0.717, 1.165) is 18.7 Å². The average molecular weight is 234 g/mol. The van der Waals surface area contributed by atoms with E-state index in [1.807, 2.05) is 12.2 Å². The van der Waals surface area contributed by atoms with Crippen LogP contribution in [0.5, 0.6) is 0 Å². The molecule has 0 saturated heterocycles. The maximum absolute atomic E-state index is 11.2. The first kappa shape index (κ1) is 10.5. The van der Waals surface area contributed by atoms with E-state index in [4.69, 9.17) is 4.52 Å². The summed E-state index contributed by atoms with van der Waals surface area (Å²) in [5.41, 5.74) is 0. The standard InChI is InChI=1S/C12H14N2O3/c15-12(16)9-4-2-1-3-8(9)11-13-10(14-17-11)7-5-6-7/h1-2,7-9H,3-6H2,(H,15,16). The van der Waals surface area contributed by atoms with Crippen LogP contribution in [-0.2, 0) is 4.79 Å². The van der Waals surface area contributed by atoms with Gasteiger partial charge in [0.15, 0.2) is 5.82 Å². The van der Waals surface area contributed by atoms with Crippen LogP contribution in [0.4, 0.5) is 0 Å². The van der Waals surface area contributed by atoms with Gasteiger partial charge < -0.3 is 9.63 Å². The van der Waals surface area contributed by atoms with E-state index >= 15 is 0 Å². The number of nitrogens with zero attached hydrogens (tertiary/aromatic N) is 2. The predicted octanol–water partition coefficient (Wildman–Crippen LogP) is 2.08. The Labute approximate surface area is 98.5 Å². The van der Waals surface area contributed by atoms with E-state index in [9.17, 15) is 9.90 Å². The van der Waals surface area contributed by atoms with E-state index in [2.05, 4.69) is 10.1 Å². The highest BCUT2D eigenvalue weighted by Crippen LogP contribution is 2.40. The Balaban J connectivity index is 1.84. The van der Waals surface area contributed by atoms with Crippen molar-refractivity contribution in [3.63, 3.8) is 0 Å². The summed E-state index contributed by atoms with van der Waals surface area (Å²) in [5, 5.41) is 13.1. The number of rotatable bonds is 3. The summed E-state index contributed by atoms with van der Waals surface area (Å²) in [6.45, 7) is 0. The van der Waals surface area contributed by atoms with E-state index in [-0.39, 0.29) is 5.92 Å². The fourth-order valence-electron chi connectivity index (χ4n) is 2.27. The van der Waals surface area contributed by atoms with Crippen LogP contribution in [0.2, 0.25) is 0 Å². The second-order valence-corrected chi connectivity index (χ2v) is 4.76. The third kappa shape index (κ3) is 1.97. The smallest absolute Gasteiger partial charge is 0.307 e. The van der Waals surface area contributed by atoms with Gasteiger partial charge in [0.1, 0.15) is 0 Å². The molecule has 0 spiro atoms. The summed E-state index contributed by atoms with van der Waals surface area (Å²) in [7, 11) is 0. The molecule has 5 heteroatoms. The van der Waals surface area contributed by atoms with Gasteiger partial charge in [0.25, 0.3) is 0 Å². The van der Waals surface area contributed by atoms with Crippen LogP contribution in [0.15, 0.2) is 16.7 Å². The van der Waals surface area contributed by atoms with Gasteiger partial charge in [0, 0.05) is 5.92 Å². The van der Waals surface area contributed by atoms with Crippen molar-refractivity contribution in [1.82, 2.24) is 10.1 Å². The number of allylic oxidation sites excluding steroid dienone is 2. The molecule has 2 aliphatic carbocycles. The van der Waals surface area contributed by atoms with Gasteiger partial charge >= 0.3 is 5.97 Å². The van der Waals surface area contributed by atoms with Crippen molar-refractivity contribution in [2.45, 2.75) is 37.5 Å². The molecule has 5 nitrogen and oxygen atoms in total. The second-order valence-electron chi connectivity index (χ2n) is 4.76. The topological polar surface area (TPSA) is 76.2 Å². The summed E-state index contributed by atoms with van der Waals surface area (Å²) in [6, 6.07) is 0. The van der Waals surface area contributed by atoms with Gasteiger partial charge in [-0.2, -0.15) is 4.98 Å². The van der Waals surface area contributed by atoms with E-state index in [1.165, 1.54) is 0 Å². The number of aliphatic carboxylic acids is 1. The summed E-state index contributed by atoms with van der Waals surface area (Å²) in [6.07, 6.45) is 7.35. The molecule has 17 heavy (non-hydrogen) atoms. The van der Waals surface area contributed by atoms with Crippen LogP contribution in [0.25, 0.3) is 0 Å². The van der Waals surface area contributed by atoms with Gasteiger partial charge in [-0.05, 0) is 25.7 Å². The maximum Gasteiger partial charge on any atom is 0.307 e. The molecular weight excluding hydrogens is 220 g/mol. The number of carbonyl (C=O) groups is 1. The fourth-order valence-corrected chi connectivity index (χ4v) is 2.27. The van der Waals surface area contributed by atoms with Crippen LogP contribution in [0, 0.1) is 5.92 Å². The van der Waals surface area contributed by atoms with Crippen molar-refractivity contribution in [1.29, 1.82) is 0 Å². The molecule has 1 N–H and O–H groups in total. The average Bonchev–Trinajstić information content (AvgIpc) is 3.07. The van der Waals surface area contributed by atoms with E-state index < -0.39 is 11.9 Å². The monoisotopic (exact) mass is 234 g/mol. The lowest BCUT2D eigenvalue weighted by Crippen LogP contribution is -2.23. The van der Waals surface area contributed by atoms with Crippen molar-refractivity contribution >= 4 is 5.97 Å². The molecule has 1 heterocycles. The zero-order valence-electron chi connectivity index (χ0n) is 9.37. The van der Waals surface area contributed by atoms with Gasteiger partial charge in [0.05, 0.1) is 11.8 Å². The van der Waals surface area contributed by atoms with Gasteiger partial charge in [-0.25, -0.2) is 0 Å². The first-order chi connectivity index (χ1) is 8.25. The molecule has 0 aliphatic heterocycles. The summed E-state index contributed by atoms with van der Waals surface area (Å²) in [4.78, 5) is 15.5. The van der Waals surface area contributed by atoms with Gasteiger partial charge in [-0.1, -0.05) is 17.3 Å². The Morgan fingerprint density at radius 3 is 2.82 bits per heavy atom. The largest absolute Gasteiger partial charge is 0.481 e. The van der Waals surface area contributed by atoms with E-state index in [0.29, 0.717) is 24.7 Å². The molecule has 2 atom stereocenters. The van der Waals surface area contributed by atoms with Crippen LogP contribution in [-0.4, -0.2) is 21.2 Å². The summed E-state index contributed by atoms with van der Waals surface area (Å²) >= 11 is 0. The Kier molecular flexibility index (Phi) is 2.46. The fraction of sp³-hybridized carbons (Fsp3) is 0.583. The highest BCUT2D eigenvalue weighted by atomic mass is 16.5. The number of hydrogen-bond acceptors (Lipinski definition) is 4.